The van der Waals surface area contributed by atoms with Crippen LogP contribution in [-0.4, -0.2) is 0 Å². The lowest BCUT2D eigenvalue weighted by atomic mass is 9.83. The molecule has 0 heterocycles. The van der Waals surface area contributed by atoms with Gasteiger partial charge in [-0.15, -0.1) is 0 Å². The van der Waals surface area contributed by atoms with Crippen LogP contribution < -0.4 is 0 Å². The van der Waals surface area contributed by atoms with E-state index in [0.29, 0.717) is 0 Å². The van der Waals surface area contributed by atoms with Gasteiger partial charge in [0.15, 0.2) is 0 Å². The summed E-state index contributed by atoms with van der Waals surface area (Å²) < 4.78 is 0. The van der Waals surface area contributed by atoms with Crippen molar-refractivity contribution in [2.24, 2.45) is 0 Å². The maximum atomic E-state index is 3.91. The van der Waals surface area contributed by atoms with Crippen molar-refractivity contribution in [3.8, 4) is 11.1 Å². The van der Waals surface area contributed by atoms with E-state index >= 15 is 0 Å². The van der Waals surface area contributed by atoms with Gasteiger partial charge in [-0.1, -0.05) is 82.8 Å². The molecule has 0 unspecified atom stereocenters. The van der Waals surface area contributed by atoms with Crippen LogP contribution in [0.4, 0.5) is 0 Å². The topological polar surface area (TPSA) is 0 Å². The van der Waals surface area contributed by atoms with E-state index in [-0.39, 0.29) is 0 Å². The van der Waals surface area contributed by atoms with Crippen molar-refractivity contribution in [2.45, 2.75) is 40.5 Å². The van der Waals surface area contributed by atoms with Crippen LogP contribution in [0.15, 0.2) is 49.0 Å². The second-order valence-electron chi connectivity index (χ2n) is 4.24. The number of benzene rings is 2. The molecule has 0 saturated carbocycles. The predicted molar refractivity (Wildman–Crippen MR) is 92.1 cm³/mol. The quantitative estimate of drug-likeness (QED) is 0.581. The predicted octanol–water partition coefficient (Wildman–Crippen LogP) is 6.15. The van der Waals surface area contributed by atoms with Crippen LogP contribution in [0.25, 0.3) is 17.2 Å². The van der Waals surface area contributed by atoms with E-state index in [1.54, 1.807) is 0 Å². The Kier molecular flexibility index (Phi) is 6.79. The van der Waals surface area contributed by atoms with Crippen LogP contribution in [0.2, 0.25) is 0 Å². The average molecular weight is 266 g/mol. The zero-order valence-corrected chi connectivity index (χ0v) is 13.2. The third-order valence-corrected chi connectivity index (χ3v) is 3.35. The molecule has 2 aromatic carbocycles. The molecule has 0 saturated heterocycles. The Morgan fingerprint density at radius 3 is 2.10 bits per heavy atom. The lowest BCUT2D eigenvalue weighted by Gasteiger charge is -2.21. The summed E-state index contributed by atoms with van der Waals surface area (Å²) in [5.41, 5.74) is 6.95. The molecular weight excluding hydrogens is 240 g/mol. The Labute approximate surface area is 124 Å². The van der Waals surface area contributed by atoms with Gasteiger partial charge in [-0.05, 0) is 40.7 Å². The fourth-order valence-corrected chi connectivity index (χ4v) is 2.58. The molecule has 0 nitrogen and oxygen atoms in total. The Morgan fingerprint density at radius 2 is 1.40 bits per heavy atom. The highest BCUT2D eigenvalue weighted by Gasteiger charge is 2.16. The molecule has 1 aliphatic carbocycles. The smallest absolute Gasteiger partial charge is 0.00767 e. The SMILES string of the molecule is C=Cc1cccc2c1-c1ccccc1CC2.CC.CC. The van der Waals surface area contributed by atoms with Crippen LogP contribution in [0.1, 0.15) is 44.4 Å². The van der Waals surface area contributed by atoms with Crippen molar-refractivity contribution in [3.05, 3.63) is 65.7 Å². The van der Waals surface area contributed by atoms with Crippen molar-refractivity contribution < 1.29 is 0 Å². The molecule has 0 fully saturated rings. The molecule has 0 atom stereocenters. The van der Waals surface area contributed by atoms with Gasteiger partial charge in [0.25, 0.3) is 0 Å². The fourth-order valence-electron chi connectivity index (χ4n) is 2.58. The van der Waals surface area contributed by atoms with Crippen LogP contribution >= 0.6 is 0 Å². The maximum absolute atomic E-state index is 3.91. The van der Waals surface area contributed by atoms with Gasteiger partial charge in [-0.25, -0.2) is 0 Å². The molecule has 106 valence electrons. The number of rotatable bonds is 1. The summed E-state index contributed by atoms with van der Waals surface area (Å²) in [4.78, 5) is 0. The first-order valence-corrected chi connectivity index (χ1v) is 7.73. The van der Waals surface area contributed by atoms with Crippen LogP contribution in [0.3, 0.4) is 0 Å². The van der Waals surface area contributed by atoms with Gasteiger partial charge in [0.05, 0.1) is 0 Å². The first-order chi connectivity index (χ1) is 9.90. The second-order valence-corrected chi connectivity index (χ2v) is 4.24. The fraction of sp³-hybridized carbons (Fsp3) is 0.300. The van der Waals surface area contributed by atoms with E-state index in [9.17, 15) is 0 Å². The summed E-state index contributed by atoms with van der Waals surface area (Å²) >= 11 is 0. The molecule has 0 aliphatic heterocycles. The Balaban J connectivity index is 0.000000461. The van der Waals surface area contributed by atoms with Crippen LogP contribution in [0, 0.1) is 0 Å². The van der Waals surface area contributed by atoms with Crippen molar-refractivity contribution in [3.63, 3.8) is 0 Å². The van der Waals surface area contributed by atoms with Gasteiger partial charge in [0, 0.05) is 0 Å². The highest BCUT2D eigenvalue weighted by Crippen LogP contribution is 2.36. The highest BCUT2D eigenvalue weighted by atomic mass is 14.2. The van der Waals surface area contributed by atoms with Gasteiger partial charge in [-0.2, -0.15) is 0 Å². The number of hydrogen-bond acceptors (Lipinski definition) is 0. The molecular formula is C20H26. The standard InChI is InChI=1S/C16H14.2C2H6/c1-2-12-7-5-8-14-11-10-13-6-3-4-9-15(13)16(12)14;2*1-2/h2-9H,1,10-11H2;2*1-2H3. The van der Waals surface area contributed by atoms with E-state index in [1.165, 1.54) is 27.8 Å². The van der Waals surface area contributed by atoms with Gasteiger partial charge >= 0.3 is 0 Å². The summed E-state index contributed by atoms with van der Waals surface area (Å²) in [7, 11) is 0. The molecule has 0 aromatic heterocycles. The summed E-state index contributed by atoms with van der Waals surface area (Å²) in [5.74, 6) is 0. The molecule has 0 radical (unpaired) electrons. The molecule has 20 heavy (non-hydrogen) atoms. The first-order valence-electron chi connectivity index (χ1n) is 7.73. The van der Waals surface area contributed by atoms with Crippen LogP contribution in [0.5, 0.6) is 0 Å². The minimum Gasteiger partial charge on any atom is -0.0984 e. The van der Waals surface area contributed by atoms with E-state index in [0.717, 1.165) is 12.8 Å². The van der Waals surface area contributed by atoms with E-state index < -0.39 is 0 Å². The van der Waals surface area contributed by atoms with Gasteiger partial charge < -0.3 is 0 Å². The lowest BCUT2D eigenvalue weighted by molar-refractivity contribution is 0.941. The minimum atomic E-state index is 1.15. The first kappa shape index (κ1) is 16.2. The lowest BCUT2D eigenvalue weighted by Crippen LogP contribution is -2.04. The zero-order valence-electron chi connectivity index (χ0n) is 13.2. The highest BCUT2D eigenvalue weighted by molar-refractivity contribution is 5.81. The zero-order chi connectivity index (χ0) is 15.0. The molecule has 1 aliphatic rings. The van der Waals surface area contributed by atoms with E-state index in [2.05, 4.69) is 49.0 Å². The van der Waals surface area contributed by atoms with Gasteiger partial charge in [0.1, 0.15) is 0 Å². The molecule has 0 N–H and O–H groups in total. The van der Waals surface area contributed by atoms with Crippen molar-refractivity contribution >= 4 is 6.08 Å². The minimum absolute atomic E-state index is 1.15. The number of fused-ring (bicyclic) bond motifs is 3. The molecule has 0 heteroatoms. The maximum Gasteiger partial charge on any atom is -0.00767 e. The number of hydrogen-bond donors (Lipinski definition) is 0. The largest absolute Gasteiger partial charge is 0.0984 e. The molecule has 3 rings (SSSR count). The summed E-state index contributed by atoms with van der Waals surface area (Å²) in [5, 5.41) is 0. The Morgan fingerprint density at radius 1 is 0.800 bits per heavy atom. The Hall–Kier alpha value is -1.82. The molecule has 0 spiro atoms. The van der Waals surface area contributed by atoms with Crippen molar-refractivity contribution in [2.75, 3.05) is 0 Å². The summed E-state index contributed by atoms with van der Waals surface area (Å²) in [6.07, 6.45) is 4.26. The third-order valence-electron chi connectivity index (χ3n) is 3.35. The molecule has 0 bridgehead atoms. The van der Waals surface area contributed by atoms with Crippen molar-refractivity contribution in [1.82, 2.24) is 0 Å². The summed E-state index contributed by atoms with van der Waals surface area (Å²) in [6.45, 7) is 11.9. The monoisotopic (exact) mass is 266 g/mol. The Bertz CT molecular complexity index is 550. The summed E-state index contributed by atoms with van der Waals surface area (Å²) in [6, 6.07) is 15.2. The van der Waals surface area contributed by atoms with Gasteiger partial charge in [-0.3, -0.25) is 0 Å². The van der Waals surface area contributed by atoms with E-state index in [1.807, 2.05) is 33.8 Å². The van der Waals surface area contributed by atoms with Crippen LogP contribution in [-0.2, 0) is 12.8 Å². The molecule has 2 aromatic rings. The van der Waals surface area contributed by atoms with Crippen molar-refractivity contribution in [1.29, 1.82) is 0 Å². The molecule has 0 amide bonds. The normalized spacial score (nSPS) is 10.8. The van der Waals surface area contributed by atoms with Gasteiger partial charge in [0.2, 0.25) is 0 Å². The third kappa shape index (κ3) is 3.19. The number of aryl methyl sites for hydroxylation is 2. The van der Waals surface area contributed by atoms with E-state index in [4.69, 9.17) is 0 Å². The second kappa shape index (κ2) is 8.37. The average Bonchev–Trinajstić information content (AvgIpc) is 2.57.